The summed E-state index contributed by atoms with van der Waals surface area (Å²) in [5.74, 6) is 2.07. The van der Waals surface area contributed by atoms with Gasteiger partial charge in [0.1, 0.15) is 5.75 Å². The molecule has 0 radical (unpaired) electrons. The van der Waals surface area contributed by atoms with Gasteiger partial charge in [0.2, 0.25) is 0 Å². The lowest BCUT2D eigenvalue weighted by atomic mass is 10.2. The number of aromatic nitrogens is 5. The summed E-state index contributed by atoms with van der Waals surface area (Å²) >= 11 is 0. The van der Waals surface area contributed by atoms with E-state index in [1.54, 1.807) is 22.7 Å². The zero-order chi connectivity index (χ0) is 16.4. The lowest BCUT2D eigenvalue weighted by Gasteiger charge is -2.04. The number of nitrogens with zero attached hydrogens (tertiary/aromatic N) is 6. The molecule has 0 fully saturated rings. The third-order valence-electron chi connectivity index (χ3n) is 3.42. The maximum atomic E-state index is 5.15. The molecule has 118 valence electrons. The third kappa shape index (κ3) is 2.98. The summed E-state index contributed by atoms with van der Waals surface area (Å²) in [7, 11) is 1.64. The summed E-state index contributed by atoms with van der Waals surface area (Å²) in [6.07, 6.45) is 1.75. The van der Waals surface area contributed by atoms with Crippen LogP contribution in [0.4, 0.5) is 0 Å². The predicted octanol–water partition coefficient (Wildman–Crippen LogP) is 2.28. The molecule has 0 saturated heterocycles. The molecule has 23 heavy (non-hydrogen) atoms. The van der Waals surface area contributed by atoms with Crippen molar-refractivity contribution in [3.05, 3.63) is 53.1 Å². The molecule has 3 aromatic rings. The topological polar surface area (TPSA) is 70.1 Å². The van der Waals surface area contributed by atoms with Crippen molar-refractivity contribution >= 4 is 6.21 Å². The summed E-state index contributed by atoms with van der Waals surface area (Å²) < 4.78 is 8.56. The Morgan fingerprint density at radius 2 is 1.83 bits per heavy atom. The van der Waals surface area contributed by atoms with Crippen molar-refractivity contribution in [3.63, 3.8) is 0 Å². The van der Waals surface area contributed by atoms with Crippen LogP contribution in [0.3, 0.4) is 0 Å². The molecule has 2 heterocycles. The molecular formula is C16H18N6O. The number of benzene rings is 1. The molecule has 7 heteroatoms. The van der Waals surface area contributed by atoms with Gasteiger partial charge in [0.25, 0.3) is 5.95 Å². The highest BCUT2D eigenvalue weighted by Crippen LogP contribution is 2.13. The molecule has 0 N–H and O–H groups in total. The van der Waals surface area contributed by atoms with Gasteiger partial charge in [-0.3, -0.25) is 0 Å². The first-order valence-corrected chi connectivity index (χ1v) is 7.22. The molecule has 0 aliphatic rings. The number of methoxy groups -OCH3 is 1. The highest BCUT2D eigenvalue weighted by atomic mass is 16.5. The first-order chi connectivity index (χ1) is 11.1. The van der Waals surface area contributed by atoms with Gasteiger partial charge < -0.3 is 4.74 Å². The normalized spacial score (nSPS) is 11.3. The molecular weight excluding hydrogens is 292 g/mol. The van der Waals surface area contributed by atoms with Gasteiger partial charge in [-0.05, 0) is 56.7 Å². The highest BCUT2D eigenvalue weighted by molar-refractivity contribution is 5.79. The summed E-state index contributed by atoms with van der Waals surface area (Å²) in [6.45, 7) is 5.77. The van der Waals surface area contributed by atoms with E-state index in [-0.39, 0.29) is 0 Å². The van der Waals surface area contributed by atoms with Crippen LogP contribution in [0.1, 0.15) is 22.8 Å². The van der Waals surface area contributed by atoms with Crippen LogP contribution in [0.25, 0.3) is 5.95 Å². The fraction of sp³-hybridized carbons (Fsp3) is 0.250. The maximum absolute atomic E-state index is 5.15. The molecule has 7 nitrogen and oxygen atoms in total. The molecule has 0 atom stereocenters. The van der Waals surface area contributed by atoms with Gasteiger partial charge in [-0.25, -0.2) is 4.68 Å². The van der Waals surface area contributed by atoms with E-state index in [4.69, 9.17) is 4.74 Å². The number of hydrogen-bond acceptors (Lipinski definition) is 5. The SMILES string of the molecule is COc1ccc(C=Nn2c(C)nnc2-n2nc(C)cc2C)cc1. The summed E-state index contributed by atoms with van der Waals surface area (Å²) in [4.78, 5) is 0. The Morgan fingerprint density at radius 3 is 2.43 bits per heavy atom. The van der Waals surface area contributed by atoms with Crippen molar-refractivity contribution in [1.82, 2.24) is 24.7 Å². The fourth-order valence-electron chi connectivity index (χ4n) is 2.26. The van der Waals surface area contributed by atoms with Gasteiger partial charge in [-0.2, -0.15) is 14.9 Å². The highest BCUT2D eigenvalue weighted by Gasteiger charge is 2.13. The Kier molecular flexibility index (Phi) is 3.92. The standard InChI is InChI=1S/C16H18N6O/c1-11-9-12(2)21(20-11)16-19-18-13(3)22(16)17-10-14-5-7-15(23-4)8-6-14/h5-10H,1-4H3. The number of ether oxygens (including phenoxy) is 1. The molecule has 0 saturated carbocycles. The van der Waals surface area contributed by atoms with Gasteiger partial charge in [0.15, 0.2) is 5.82 Å². The third-order valence-corrected chi connectivity index (χ3v) is 3.42. The molecule has 0 bridgehead atoms. The fourth-order valence-corrected chi connectivity index (χ4v) is 2.26. The quantitative estimate of drug-likeness (QED) is 0.693. The van der Waals surface area contributed by atoms with Crippen LogP contribution >= 0.6 is 0 Å². The van der Waals surface area contributed by atoms with Gasteiger partial charge >= 0.3 is 0 Å². The van der Waals surface area contributed by atoms with E-state index in [0.29, 0.717) is 11.8 Å². The van der Waals surface area contributed by atoms with Crippen LogP contribution in [-0.2, 0) is 0 Å². The number of rotatable bonds is 4. The van der Waals surface area contributed by atoms with Crippen LogP contribution in [0.2, 0.25) is 0 Å². The zero-order valence-electron chi connectivity index (χ0n) is 13.6. The van der Waals surface area contributed by atoms with E-state index < -0.39 is 0 Å². The zero-order valence-corrected chi connectivity index (χ0v) is 13.6. The predicted molar refractivity (Wildman–Crippen MR) is 87.3 cm³/mol. The van der Waals surface area contributed by atoms with E-state index in [1.807, 2.05) is 51.1 Å². The lowest BCUT2D eigenvalue weighted by molar-refractivity contribution is 0.415. The van der Waals surface area contributed by atoms with E-state index in [1.165, 1.54) is 0 Å². The van der Waals surface area contributed by atoms with E-state index in [2.05, 4.69) is 20.4 Å². The first-order valence-electron chi connectivity index (χ1n) is 7.22. The molecule has 0 unspecified atom stereocenters. The molecule has 0 amide bonds. The Morgan fingerprint density at radius 1 is 1.09 bits per heavy atom. The molecule has 2 aromatic heterocycles. The summed E-state index contributed by atoms with van der Waals surface area (Å²) in [5, 5.41) is 17.2. The second kappa shape index (κ2) is 6.04. The molecule has 0 spiro atoms. The van der Waals surface area contributed by atoms with Crippen LogP contribution in [0, 0.1) is 20.8 Å². The Hall–Kier alpha value is -2.96. The smallest absolute Gasteiger partial charge is 0.273 e. The lowest BCUT2D eigenvalue weighted by Crippen LogP contribution is -2.07. The Bertz CT molecular complexity index is 844. The van der Waals surface area contributed by atoms with Crippen LogP contribution in [-0.4, -0.2) is 38.0 Å². The summed E-state index contributed by atoms with van der Waals surface area (Å²) in [5.41, 5.74) is 2.86. The van der Waals surface area contributed by atoms with E-state index in [9.17, 15) is 0 Å². The van der Waals surface area contributed by atoms with Crippen molar-refractivity contribution in [2.45, 2.75) is 20.8 Å². The Labute approximate surface area is 134 Å². The Balaban J connectivity index is 1.95. The van der Waals surface area contributed by atoms with Crippen molar-refractivity contribution in [3.8, 4) is 11.7 Å². The molecule has 3 rings (SSSR count). The van der Waals surface area contributed by atoms with Crippen molar-refractivity contribution in [2.24, 2.45) is 5.10 Å². The minimum Gasteiger partial charge on any atom is -0.497 e. The van der Waals surface area contributed by atoms with Crippen LogP contribution < -0.4 is 4.74 Å². The molecule has 1 aromatic carbocycles. The van der Waals surface area contributed by atoms with Gasteiger partial charge in [0, 0.05) is 5.69 Å². The second-order valence-corrected chi connectivity index (χ2v) is 5.22. The first kappa shape index (κ1) is 15.0. The van der Waals surface area contributed by atoms with Crippen molar-refractivity contribution in [1.29, 1.82) is 0 Å². The maximum Gasteiger partial charge on any atom is 0.273 e. The van der Waals surface area contributed by atoms with Gasteiger partial charge in [0.05, 0.1) is 19.0 Å². The average Bonchev–Trinajstić information content (AvgIpc) is 3.07. The van der Waals surface area contributed by atoms with Crippen LogP contribution in [0.5, 0.6) is 5.75 Å². The van der Waals surface area contributed by atoms with Gasteiger partial charge in [-0.1, -0.05) is 0 Å². The second-order valence-electron chi connectivity index (χ2n) is 5.22. The minimum absolute atomic E-state index is 0.567. The summed E-state index contributed by atoms with van der Waals surface area (Å²) in [6, 6.07) is 9.64. The van der Waals surface area contributed by atoms with Crippen LogP contribution in [0.15, 0.2) is 35.4 Å². The number of hydrogen-bond donors (Lipinski definition) is 0. The average molecular weight is 310 g/mol. The minimum atomic E-state index is 0.567. The molecule has 0 aliphatic carbocycles. The van der Waals surface area contributed by atoms with Crippen molar-refractivity contribution in [2.75, 3.05) is 7.11 Å². The molecule has 0 aliphatic heterocycles. The van der Waals surface area contributed by atoms with Crippen molar-refractivity contribution < 1.29 is 4.74 Å². The number of aryl methyl sites for hydroxylation is 3. The van der Waals surface area contributed by atoms with E-state index in [0.717, 1.165) is 22.7 Å². The van der Waals surface area contributed by atoms with Gasteiger partial charge in [-0.15, -0.1) is 10.2 Å². The van der Waals surface area contributed by atoms with E-state index >= 15 is 0 Å². The monoisotopic (exact) mass is 310 g/mol. The largest absolute Gasteiger partial charge is 0.497 e.